The van der Waals surface area contributed by atoms with Gasteiger partial charge in [0, 0.05) is 30.4 Å². The molecule has 38 heavy (non-hydrogen) atoms. The zero-order valence-corrected chi connectivity index (χ0v) is 21.2. The summed E-state index contributed by atoms with van der Waals surface area (Å²) in [6, 6.07) is 17.8. The normalized spacial score (nSPS) is 10.7. The molecule has 4 rings (SSSR count). The fourth-order valence-electron chi connectivity index (χ4n) is 3.96. The highest BCUT2D eigenvalue weighted by atomic mass is 16.5. The molecule has 0 fully saturated rings. The van der Waals surface area contributed by atoms with Crippen molar-refractivity contribution in [2.75, 3.05) is 25.6 Å². The number of hydrogen-bond donors (Lipinski definition) is 3. The molecule has 0 radical (unpaired) electrons. The van der Waals surface area contributed by atoms with E-state index in [4.69, 9.17) is 20.2 Å². The van der Waals surface area contributed by atoms with Crippen LogP contribution in [0.2, 0.25) is 0 Å². The van der Waals surface area contributed by atoms with Crippen molar-refractivity contribution in [2.24, 2.45) is 5.73 Å². The predicted octanol–water partition coefficient (Wildman–Crippen LogP) is 3.15. The zero-order valence-electron chi connectivity index (χ0n) is 21.2. The van der Waals surface area contributed by atoms with Crippen LogP contribution in [-0.2, 0) is 27.4 Å². The maximum Gasteiger partial charge on any atom is 0.337 e. The first-order valence-electron chi connectivity index (χ1n) is 12.1. The minimum absolute atomic E-state index is 0.0705. The summed E-state index contributed by atoms with van der Waals surface area (Å²) >= 11 is 0. The Labute approximate surface area is 219 Å². The molecule has 2 heterocycles. The van der Waals surface area contributed by atoms with Crippen LogP contribution in [0, 0.1) is 0 Å². The van der Waals surface area contributed by atoms with Crippen molar-refractivity contribution in [3.8, 4) is 11.3 Å². The van der Waals surface area contributed by atoms with Crippen molar-refractivity contribution in [3.05, 3.63) is 89.1 Å². The lowest BCUT2D eigenvalue weighted by Crippen LogP contribution is -2.23. The Kier molecular flexibility index (Phi) is 8.34. The quantitative estimate of drug-likeness (QED) is 0.274. The van der Waals surface area contributed by atoms with Crippen LogP contribution in [0.15, 0.2) is 66.9 Å². The summed E-state index contributed by atoms with van der Waals surface area (Å²) in [5, 5.41) is 6.02. The van der Waals surface area contributed by atoms with E-state index in [0.29, 0.717) is 46.9 Å². The summed E-state index contributed by atoms with van der Waals surface area (Å²) in [5.74, 6) is -0.565. The third kappa shape index (κ3) is 5.98. The highest BCUT2D eigenvalue weighted by Gasteiger charge is 2.18. The van der Waals surface area contributed by atoms with Crippen LogP contribution in [0.4, 0.5) is 5.82 Å². The molecule has 4 N–H and O–H groups in total. The van der Waals surface area contributed by atoms with Crippen LogP contribution in [0.1, 0.15) is 38.8 Å². The molecule has 0 aliphatic heterocycles. The van der Waals surface area contributed by atoms with Gasteiger partial charge < -0.3 is 25.8 Å². The number of methoxy groups -OCH3 is 1. The third-order valence-corrected chi connectivity index (χ3v) is 5.85. The summed E-state index contributed by atoms with van der Waals surface area (Å²) in [7, 11) is 1.32. The first kappa shape index (κ1) is 26.4. The molecule has 4 aromatic rings. The Hall–Kier alpha value is -4.70. The standard InChI is InChI=1S/C28H29N5O5/c1-3-38-24(34)17-30-26-25(20-7-9-21(10-8-20)28(36)37-2)32-23-14-22(11-12-33(23)26)27(35)31-16-19-6-4-5-18(13-19)15-29/h4-14,30H,3,15-17,29H2,1-2H3,(H,31,35). The number of nitrogens with zero attached hydrogens (tertiary/aromatic N) is 2. The van der Waals surface area contributed by atoms with E-state index in [-0.39, 0.29) is 19.1 Å². The maximum absolute atomic E-state index is 12.9. The molecule has 10 heteroatoms. The molecule has 1 amide bonds. The molecule has 0 aliphatic rings. The van der Waals surface area contributed by atoms with E-state index in [1.165, 1.54) is 7.11 Å². The number of fused-ring (bicyclic) bond motifs is 1. The van der Waals surface area contributed by atoms with Gasteiger partial charge in [0.25, 0.3) is 5.91 Å². The number of hydrogen-bond acceptors (Lipinski definition) is 8. The van der Waals surface area contributed by atoms with Crippen molar-refractivity contribution in [3.63, 3.8) is 0 Å². The summed E-state index contributed by atoms with van der Waals surface area (Å²) in [4.78, 5) is 41.5. The van der Waals surface area contributed by atoms with Gasteiger partial charge in [-0.1, -0.05) is 36.4 Å². The van der Waals surface area contributed by atoms with Crippen LogP contribution >= 0.6 is 0 Å². The number of nitrogens with two attached hydrogens (primary N) is 1. The number of carbonyl (C=O) groups excluding carboxylic acids is 3. The second-order valence-corrected chi connectivity index (χ2v) is 8.39. The van der Waals surface area contributed by atoms with Crippen LogP contribution < -0.4 is 16.4 Å². The number of aromatic nitrogens is 2. The fourth-order valence-corrected chi connectivity index (χ4v) is 3.96. The minimum atomic E-state index is -0.447. The number of pyridine rings is 1. The van der Waals surface area contributed by atoms with Gasteiger partial charge in [0.2, 0.25) is 0 Å². The molecule has 0 saturated carbocycles. The monoisotopic (exact) mass is 515 g/mol. The Morgan fingerprint density at radius 3 is 2.47 bits per heavy atom. The van der Waals surface area contributed by atoms with Crippen molar-refractivity contribution in [1.82, 2.24) is 14.7 Å². The lowest BCUT2D eigenvalue weighted by atomic mass is 10.1. The van der Waals surface area contributed by atoms with E-state index in [2.05, 4.69) is 10.6 Å². The topological polar surface area (TPSA) is 137 Å². The highest BCUT2D eigenvalue weighted by Crippen LogP contribution is 2.29. The lowest BCUT2D eigenvalue weighted by molar-refractivity contribution is -0.140. The van der Waals surface area contributed by atoms with Crippen LogP contribution in [-0.4, -0.2) is 47.5 Å². The first-order chi connectivity index (χ1) is 18.4. The molecule has 0 bridgehead atoms. The van der Waals surface area contributed by atoms with Gasteiger partial charge in [-0.2, -0.15) is 0 Å². The maximum atomic E-state index is 12.9. The van der Waals surface area contributed by atoms with Gasteiger partial charge in [-0.15, -0.1) is 0 Å². The average Bonchev–Trinajstić information content (AvgIpc) is 3.32. The molecule has 2 aromatic heterocycles. The molecule has 0 atom stereocenters. The third-order valence-electron chi connectivity index (χ3n) is 5.85. The van der Waals surface area contributed by atoms with Gasteiger partial charge in [0.15, 0.2) is 0 Å². The fraction of sp³-hybridized carbons (Fsp3) is 0.214. The van der Waals surface area contributed by atoms with E-state index in [1.807, 2.05) is 24.3 Å². The number of carbonyl (C=O) groups is 3. The van der Waals surface area contributed by atoms with Gasteiger partial charge in [-0.25, -0.2) is 9.78 Å². The Morgan fingerprint density at radius 1 is 1.00 bits per heavy atom. The second-order valence-electron chi connectivity index (χ2n) is 8.39. The Morgan fingerprint density at radius 2 is 1.76 bits per heavy atom. The Bertz CT molecular complexity index is 1460. The summed E-state index contributed by atoms with van der Waals surface area (Å²) in [6.07, 6.45) is 1.71. The molecule has 0 aliphatic carbocycles. The SMILES string of the molecule is CCOC(=O)CNc1c(-c2ccc(C(=O)OC)cc2)nc2cc(C(=O)NCc3cccc(CN)c3)ccn12. The number of esters is 2. The summed E-state index contributed by atoms with van der Waals surface area (Å²) in [5.41, 5.74) is 10.2. The second kappa shape index (κ2) is 12.0. The summed E-state index contributed by atoms with van der Waals surface area (Å²) < 4.78 is 11.6. The first-order valence-corrected chi connectivity index (χ1v) is 12.1. The predicted molar refractivity (Wildman–Crippen MR) is 143 cm³/mol. The van der Waals surface area contributed by atoms with Gasteiger partial charge in [0.1, 0.15) is 23.7 Å². The van der Waals surface area contributed by atoms with Gasteiger partial charge in [-0.05, 0) is 42.3 Å². The minimum Gasteiger partial charge on any atom is -0.465 e. The molecular weight excluding hydrogens is 486 g/mol. The van der Waals surface area contributed by atoms with E-state index in [1.54, 1.807) is 53.9 Å². The van der Waals surface area contributed by atoms with Crippen molar-refractivity contribution in [2.45, 2.75) is 20.0 Å². The van der Waals surface area contributed by atoms with E-state index >= 15 is 0 Å². The van der Waals surface area contributed by atoms with Gasteiger partial charge in [0.05, 0.1) is 19.3 Å². The van der Waals surface area contributed by atoms with Crippen LogP contribution in [0.25, 0.3) is 16.9 Å². The van der Waals surface area contributed by atoms with Crippen molar-refractivity contribution in [1.29, 1.82) is 0 Å². The largest absolute Gasteiger partial charge is 0.465 e. The van der Waals surface area contributed by atoms with E-state index in [9.17, 15) is 14.4 Å². The molecule has 196 valence electrons. The molecule has 2 aromatic carbocycles. The number of ether oxygens (including phenoxy) is 2. The molecule has 0 unspecified atom stereocenters. The molecule has 0 saturated heterocycles. The number of imidazole rings is 1. The van der Waals surface area contributed by atoms with Gasteiger partial charge >= 0.3 is 11.9 Å². The molecule has 10 nitrogen and oxygen atoms in total. The van der Waals surface area contributed by atoms with Crippen molar-refractivity contribution >= 4 is 29.3 Å². The number of rotatable bonds is 10. The summed E-state index contributed by atoms with van der Waals surface area (Å²) in [6.45, 7) is 2.72. The van der Waals surface area contributed by atoms with E-state index in [0.717, 1.165) is 11.1 Å². The average molecular weight is 516 g/mol. The number of amides is 1. The van der Waals surface area contributed by atoms with Crippen LogP contribution in [0.5, 0.6) is 0 Å². The highest BCUT2D eigenvalue weighted by molar-refractivity contribution is 5.95. The zero-order chi connectivity index (χ0) is 27.1. The van der Waals surface area contributed by atoms with Crippen LogP contribution in [0.3, 0.4) is 0 Å². The number of nitrogens with one attached hydrogen (secondary N) is 2. The van der Waals surface area contributed by atoms with Gasteiger partial charge in [-0.3, -0.25) is 14.0 Å². The Balaban J connectivity index is 1.63. The van der Waals surface area contributed by atoms with Crippen molar-refractivity contribution < 1.29 is 23.9 Å². The molecular formula is C28H29N5O5. The lowest BCUT2D eigenvalue weighted by Gasteiger charge is -2.10. The number of anilines is 1. The van der Waals surface area contributed by atoms with E-state index < -0.39 is 11.9 Å². The molecule has 0 spiro atoms. The smallest absolute Gasteiger partial charge is 0.337 e. The number of benzene rings is 2.